The van der Waals surface area contributed by atoms with E-state index < -0.39 is 11.6 Å². The molecule has 3 nitrogen and oxygen atoms in total. The Labute approximate surface area is 98.2 Å². The summed E-state index contributed by atoms with van der Waals surface area (Å²) in [6.45, 7) is 0.661. The Kier molecular flexibility index (Phi) is 3.56. The molecule has 0 radical (unpaired) electrons. The Balaban J connectivity index is 2.06. The second-order valence-corrected chi connectivity index (χ2v) is 4.20. The third kappa shape index (κ3) is 3.41. The zero-order chi connectivity index (χ0) is 12.3. The highest BCUT2D eigenvalue weighted by Gasteiger charge is 2.17. The Hall–Kier alpha value is -1.65. The Morgan fingerprint density at radius 1 is 1.24 bits per heavy atom. The van der Waals surface area contributed by atoms with Gasteiger partial charge >= 0.3 is 0 Å². The smallest absolute Gasteiger partial charge is 0.222 e. The van der Waals surface area contributed by atoms with Gasteiger partial charge < -0.3 is 10.6 Å². The minimum absolute atomic E-state index is 0.0307. The van der Waals surface area contributed by atoms with Crippen molar-refractivity contribution >= 4 is 11.6 Å². The summed E-state index contributed by atoms with van der Waals surface area (Å²) in [5.74, 6) is -1.27. The molecule has 1 aliphatic heterocycles. The van der Waals surface area contributed by atoms with Crippen LogP contribution in [0, 0.1) is 11.6 Å². The predicted octanol–water partition coefficient (Wildman–Crippen LogP) is 2.05. The van der Waals surface area contributed by atoms with Gasteiger partial charge in [0, 0.05) is 30.8 Å². The molecule has 1 unspecified atom stereocenters. The molecule has 0 spiro atoms. The number of benzene rings is 1. The molecule has 1 amide bonds. The second-order valence-electron chi connectivity index (χ2n) is 4.20. The Morgan fingerprint density at radius 2 is 1.94 bits per heavy atom. The van der Waals surface area contributed by atoms with Crippen molar-refractivity contribution in [1.29, 1.82) is 0 Å². The first-order chi connectivity index (χ1) is 8.13. The van der Waals surface area contributed by atoms with Gasteiger partial charge in [0.1, 0.15) is 11.6 Å². The summed E-state index contributed by atoms with van der Waals surface area (Å²) in [6.07, 6.45) is 2.00. The highest BCUT2D eigenvalue weighted by atomic mass is 19.1. The summed E-state index contributed by atoms with van der Waals surface area (Å²) in [4.78, 5) is 11.3. The first kappa shape index (κ1) is 11.8. The number of anilines is 1. The lowest BCUT2D eigenvalue weighted by atomic mass is 10.1. The van der Waals surface area contributed by atoms with E-state index in [1.54, 1.807) is 0 Å². The van der Waals surface area contributed by atoms with Gasteiger partial charge in [-0.1, -0.05) is 0 Å². The van der Waals surface area contributed by atoms with Crippen LogP contribution >= 0.6 is 0 Å². The fourth-order valence-electron chi connectivity index (χ4n) is 1.97. The molecule has 1 atom stereocenters. The van der Waals surface area contributed by atoms with E-state index in [9.17, 15) is 13.6 Å². The fourth-order valence-corrected chi connectivity index (χ4v) is 1.97. The number of hydrogen-bond donors (Lipinski definition) is 2. The van der Waals surface area contributed by atoms with Crippen molar-refractivity contribution in [2.45, 2.75) is 25.3 Å². The molecule has 92 valence electrons. The summed E-state index contributed by atoms with van der Waals surface area (Å²) >= 11 is 0. The maximum Gasteiger partial charge on any atom is 0.222 e. The van der Waals surface area contributed by atoms with Gasteiger partial charge in [-0.15, -0.1) is 0 Å². The van der Waals surface area contributed by atoms with Gasteiger partial charge in [0.2, 0.25) is 5.91 Å². The van der Waals surface area contributed by atoms with Crippen LogP contribution in [0.4, 0.5) is 14.5 Å². The zero-order valence-electron chi connectivity index (χ0n) is 9.30. The summed E-state index contributed by atoms with van der Waals surface area (Å²) in [5.41, 5.74) is 0.377. The van der Waals surface area contributed by atoms with E-state index in [0.717, 1.165) is 18.9 Å². The van der Waals surface area contributed by atoms with Gasteiger partial charge in [-0.05, 0) is 25.0 Å². The van der Waals surface area contributed by atoms with Crippen molar-refractivity contribution in [3.05, 3.63) is 29.8 Å². The largest absolute Gasteiger partial charge is 0.382 e. The predicted molar refractivity (Wildman–Crippen MR) is 60.6 cm³/mol. The van der Waals surface area contributed by atoms with E-state index in [-0.39, 0.29) is 11.9 Å². The highest BCUT2D eigenvalue weighted by Crippen LogP contribution is 2.17. The molecule has 2 rings (SSSR count). The van der Waals surface area contributed by atoms with Crippen LogP contribution in [0.15, 0.2) is 18.2 Å². The van der Waals surface area contributed by atoms with Crippen molar-refractivity contribution in [3.63, 3.8) is 0 Å². The first-order valence-electron chi connectivity index (χ1n) is 5.63. The average molecular weight is 240 g/mol. The summed E-state index contributed by atoms with van der Waals surface area (Å²) in [7, 11) is 0. The minimum atomic E-state index is -0.620. The molecule has 1 aromatic rings. The molecule has 2 N–H and O–H groups in total. The average Bonchev–Trinajstić information content (AvgIpc) is 2.41. The number of nitrogens with one attached hydrogen (secondary N) is 2. The number of hydrogen-bond acceptors (Lipinski definition) is 2. The highest BCUT2D eigenvalue weighted by molar-refractivity contribution is 5.77. The SMILES string of the molecule is O=C1CC(Nc2cc(F)cc(F)c2)CCCN1. The van der Waals surface area contributed by atoms with Gasteiger partial charge in [-0.2, -0.15) is 0 Å². The van der Waals surface area contributed by atoms with Gasteiger partial charge in [0.15, 0.2) is 0 Å². The molecule has 1 aromatic carbocycles. The molecule has 1 heterocycles. The van der Waals surface area contributed by atoms with Crippen LogP contribution < -0.4 is 10.6 Å². The number of rotatable bonds is 2. The van der Waals surface area contributed by atoms with Crippen LogP contribution in [0.25, 0.3) is 0 Å². The molecule has 1 fully saturated rings. The van der Waals surface area contributed by atoms with Crippen LogP contribution in [-0.4, -0.2) is 18.5 Å². The van der Waals surface area contributed by atoms with Crippen molar-refractivity contribution in [2.24, 2.45) is 0 Å². The molecular weight excluding hydrogens is 226 g/mol. The summed E-state index contributed by atoms with van der Waals surface area (Å²) in [6, 6.07) is 3.21. The third-order valence-electron chi connectivity index (χ3n) is 2.72. The number of carbonyl (C=O) groups excluding carboxylic acids is 1. The Morgan fingerprint density at radius 3 is 2.65 bits per heavy atom. The number of halogens is 2. The molecule has 5 heteroatoms. The normalized spacial score (nSPS) is 20.6. The molecule has 0 saturated carbocycles. The van der Waals surface area contributed by atoms with Crippen LogP contribution in [0.2, 0.25) is 0 Å². The fraction of sp³-hybridized carbons (Fsp3) is 0.417. The van der Waals surface area contributed by atoms with Crippen LogP contribution in [0.3, 0.4) is 0 Å². The standard InChI is InChI=1S/C12H14F2N2O/c13-8-4-9(14)6-11(5-8)16-10-2-1-3-15-12(17)7-10/h4-6,10,16H,1-3,7H2,(H,15,17). The molecular formula is C12H14F2N2O. The topological polar surface area (TPSA) is 41.1 Å². The third-order valence-corrected chi connectivity index (χ3v) is 2.72. The van der Waals surface area contributed by atoms with Crippen LogP contribution in [0.1, 0.15) is 19.3 Å². The van der Waals surface area contributed by atoms with Crippen molar-refractivity contribution in [2.75, 3.05) is 11.9 Å². The van der Waals surface area contributed by atoms with E-state index in [2.05, 4.69) is 10.6 Å². The summed E-state index contributed by atoms with van der Waals surface area (Å²) in [5, 5.41) is 5.75. The lowest BCUT2D eigenvalue weighted by Gasteiger charge is -2.16. The van der Waals surface area contributed by atoms with E-state index >= 15 is 0 Å². The van der Waals surface area contributed by atoms with Gasteiger partial charge in [0.25, 0.3) is 0 Å². The maximum absolute atomic E-state index is 13.0. The summed E-state index contributed by atoms with van der Waals surface area (Å²) < 4.78 is 26.0. The lowest BCUT2D eigenvalue weighted by Crippen LogP contribution is -2.26. The first-order valence-corrected chi connectivity index (χ1v) is 5.63. The second kappa shape index (κ2) is 5.12. The number of amides is 1. The van der Waals surface area contributed by atoms with Crippen molar-refractivity contribution in [3.8, 4) is 0 Å². The molecule has 0 bridgehead atoms. The number of carbonyl (C=O) groups is 1. The van der Waals surface area contributed by atoms with E-state index in [0.29, 0.717) is 18.7 Å². The van der Waals surface area contributed by atoms with E-state index in [4.69, 9.17) is 0 Å². The molecule has 17 heavy (non-hydrogen) atoms. The monoisotopic (exact) mass is 240 g/mol. The van der Waals surface area contributed by atoms with Crippen molar-refractivity contribution in [1.82, 2.24) is 5.32 Å². The van der Waals surface area contributed by atoms with Gasteiger partial charge in [-0.25, -0.2) is 8.78 Å². The van der Waals surface area contributed by atoms with E-state index in [1.807, 2.05) is 0 Å². The Bertz CT molecular complexity index is 403. The lowest BCUT2D eigenvalue weighted by molar-refractivity contribution is -0.120. The molecule has 1 saturated heterocycles. The van der Waals surface area contributed by atoms with Crippen LogP contribution in [0.5, 0.6) is 0 Å². The quantitative estimate of drug-likeness (QED) is 0.830. The molecule has 0 aliphatic carbocycles. The molecule has 0 aromatic heterocycles. The molecule has 1 aliphatic rings. The minimum Gasteiger partial charge on any atom is -0.382 e. The zero-order valence-corrected chi connectivity index (χ0v) is 9.30. The van der Waals surface area contributed by atoms with E-state index in [1.165, 1.54) is 12.1 Å². The maximum atomic E-state index is 13.0. The van der Waals surface area contributed by atoms with Crippen LogP contribution in [-0.2, 0) is 4.79 Å². The van der Waals surface area contributed by atoms with Gasteiger partial charge in [0.05, 0.1) is 0 Å². The van der Waals surface area contributed by atoms with Gasteiger partial charge in [-0.3, -0.25) is 4.79 Å². The van der Waals surface area contributed by atoms with Crippen molar-refractivity contribution < 1.29 is 13.6 Å².